The number of carbonyl (C=O) groups excluding carboxylic acids is 1. The molecule has 0 bridgehead atoms. The molecule has 7 nitrogen and oxygen atoms in total. The molecule has 1 fully saturated rings. The van der Waals surface area contributed by atoms with E-state index in [4.69, 9.17) is 16.3 Å². The van der Waals surface area contributed by atoms with Crippen LogP contribution in [0, 0.1) is 0 Å². The molecule has 0 aliphatic carbocycles. The Balaban J connectivity index is 1.52. The van der Waals surface area contributed by atoms with Gasteiger partial charge in [-0.05, 0) is 41.5 Å². The van der Waals surface area contributed by atoms with E-state index >= 15 is 0 Å². The number of benzene rings is 3. The number of piperazine rings is 1. The fraction of sp³-hybridized carbons (Fsp3) is 0.259. The lowest BCUT2D eigenvalue weighted by molar-refractivity contribution is -0.119. The van der Waals surface area contributed by atoms with E-state index in [0.29, 0.717) is 5.02 Å². The molecule has 182 valence electrons. The Morgan fingerprint density at radius 2 is 1.63 bits per heavy atom. The van der Waals surface area contributed by atoms with E-state index < -0.39 is 11.9 Å². The zero-order valence-electron chi connectivity index (χ0n) is 19.5. The van der Waals surface area contributed by atoms with Crippen molar-refractivity contribution in [3.8, 4) is 0 Å². The number of anilines is 2. The normalized spacial score (nSPS) is 15.0. The van der Waals surface area contributed by atoms with E-state index in [1.165, 1.54) is 18.2 Å². The summed E-state index contributed by atoms with van der Waals surface area (Å²) in [7, 11) is 1.41. The maximum Gasteiger partial charge on any atom is 0.337 e. The molecule has 1 amide bonds. The van der Waals surface area contributed by atoms with Gasteiger partial charge in [0, 0.05) is 44.0 Å². The minimum Gasteiger partial charge on any atom is -0.478 e. The number of nitrogens with one attached hydrogen (secondary N) is 1. The van der Waals surface area contributed by atoms with Gasteiger partial charge in [0.15, 0.2) is 0 Å². The van der Waals surface area contributed by atoms with Crippen molar-refractivity contribution < 1.29 is 19.4 Å². The molecule has 0 radical (unpaired) electrons. The van der Waals surface area contributed by atoms with Gasteiger partial charge in [-0.3, -0.25) is 9.69 Å². The van der Waals surface area contributed by atoms with Crippen LogP contribution >= 0.6 is 11.6 Å². The average molecular weight is 494 g/mol. The van der Waals surface area contributed by atoms with Gasteiger partial charge in [-0.25, -0.2) is 4.79 Å². The van der Waals surface area contributed by atoms with Crippen LogP contribution in [0.25, 0.3) is 0 Å². The summed E-state index contributed by atoms with van der Waals surface area (Å²) in [5.41, 5.74) is 3.52. The van der Waals surface area contributed by atoms with Crippen LogP contribution in [0.3, 0.4) is 0 Å². The van der Waals surface area contributed by atoms with Crippen LogP contribution in [-0.4, -0.2) is 61.8 Å². The molecule has 0 unspecified atom stereocenters. The van der Waals surface area contributed by atoms with Gasteiger partial charge in [-0.15, -0.1) is 0 Å². The second-order valence-electron chi connectivity index (χ2n) is 8.40. The summed E-state index contributed by atoms with van der Waals surface area (Å²) < 4.78 is 4.82. The van der Waals surface area contributed by atoms with E-state index in [1.54, 1.807) is 12.1 Å². The third-order valence-corrected chi connectivity index (χ3v) is 6.38. The quantitative estimate of drug-likeness (QED) is 0.479. The van der Waals surface area contributed by atoms with Crippen molar-refractivity contribution in [1.82, 2.24) is 4.90 Å². The van der Waals surface area contributed by atoms with Crippen LogP contribution in [0.2, 0.25) is 5.02 Å². The minimum atomic E-state index is -1.09. The van der Waals surface area contributed by atoms with Crippen LogP contribution in [0.1, 0.15) is 27.5 Å². The van der Waals surface area contributed by atoms with Gasteiger partial charge in [0.25, 0.3) is 0 Å². The molecule has 0 spiro atoms. The maximum absolute atomic E-state index is 11.9. The van der Waals surface area contributed by atoms with Crippen molar-refractivity contribution in [2.75, 3.05) is 50.1 Å². The van der Waals surface area contributed by atoms with Crippen molar-refractivity contribution >= 4 is 34.9 Å². The molecule has 2 N–H and O–H groups in total. The monoisotopic (exact) mass is 493 g/mol. The molecule has 3 aromatic rings. The maximum atomic E-state index is 11.9. The van der Waals surface area contributed by atoms with Crippen LogP contribution in [0.5, 0.6) is 0 Å². The summed E-state index contributed by atoms with van der Waals surface area (Å²) in [6.07, 6.45) is 0. The van der Waals surface area contributed by atoms with Crippen LogP contribution in [0.4, 0.5) is 11.4 Å². The standard InChI is InChI=1S/C27H28ClN3O4/c1-35-18-25(32)29-24-12-11-22(17-23(24)27(33)34)30-13-15-31(16-14-30)26(19-5-3-2-4-6-19)20-7-9-21(28)10-8-20/h2-12,17,26H,13-16,18H2,1H3,(H,29,32)(H,33,34)/t26-/m1/s1. The van der Waals surface area contributed by atoms with E-state index in [9.17, 15) is 14.7 Å². The summed E-state index contributed by atoms with van der Waals surface area (Å²) in [6, 6.07) is 23.6. The average Bonchev–Trinajstić information content (AvgIpc) is 2.87. The van der Waals surface area contributed by atoms with Gasteiger partial charge in [0.05, 0.1) is 17.3 Å². The molecule has 1 aliphatic rings. The highest BCUT2D eigenvalue weighted by Crippen LogP contribution is 2.32. The molecule has 3 aromatic carbocycles. The Hall–Kier alpha value is -3.39. The fourth-order valence-electron chi connectivity index (χ4n) is 4.47. The van der Waals surface area contributed by atoms with E-state index in [0.717, 1.165) is 31.9 Å². The molecular formula is C27H28ClN3O4. The number of nitrogens with zero attached hydrogens (tertiary/aromatic N) is 2. The lowest BCUT2D eigenvalue weighted by atomic mass is 9.96. The first-order chi connectivity index (χ1) is 17.0. The Kier molecular flexibility index (Phi) is 8.02. The number of halogens is 1. The zero-order chi connectivity index (χ0) is 24.8. The molecule has 35 heavy (non-hydrogen) atoms. The largest absolute Gasteiger partial charge is 0.478 e. The van der Waals surface area contributed by atoms with Crippen molar-refractivity contribution in [3.63, 3.8) is 0 Å². The number of carboxylic acids is 1. The molecule has 1 atom stereocenters. The van der Waals surface area contributed by atoms with Gasteiger partial charge in [0.1, 0.15) is 6.61 Å². The molecule has 0 aromatic heterocycles. The highest BCUT2D eigenvalue weighted by Gasteiger charge is 2.27. The highest BCUT2D eigenvalue weighted by molar-refractivity contribution is 6.30. The van der Waals surface area contributed by atoms with Crippen molar-refractivity contribution in [2.45, 2.75) is 6.04 Å². The van der Waals surface area contributed by atoms with Gasteiger partial charge < -0.3 is 20.1 Å². The second kappa shape index (κ2) is 11.4. The third-order valence-electron chi connectivity index (χ3n) is 6.13. The molecule has 4 rings (SSSR count). The minimum absolute atomic E-state index is 0.0534. The summed E-state index contributed by atoms with van der Waals surface area (Å²) in [5.74, 6) is -1.49. The Bertz CT molecular complexity index is 1160. The number of carboxylic acid groups (broad SMARTS) is 1. The number of amides is 1. The predicted octanol–water partition coefficient (Wildman–Crippen LogP) is 4.53. The number of rotatable bonds is 8. The molecule has 1 saturated heterocycles. The lowest BCUT2D eigenvalue weighted by Gasteiger charge is -2.40. The van der Waals surface area contributed by atoms with E-state index in [1.807, 2.05) is 24.3 Å². The Labute approximate surface area is 209 Å². The van der Waals surface area contributed by atoms with Crippen molar-refractivity contribution in [1.29, 1.82) is 0 Å². The smallest absolute Gasteiger partial charge is 0.337 e. The van der Waals surface area contributed by atoms with Gasteiger partial charge in [-0.1, -0.05) is 54.1 Å². The van der Waals surface area contributed by atoms with E-state index in [2.05, 4.69) is 51.5 Å². The number of ether oxygens (including phenoxy) is 1. The summed E-state index contributed by atoms with van der Waals surface area (Å²) in [4.78, 5) is 28.3. The first-order valence-electron chi connectivity index (χ1n) is 11.4. The first-order valence-corrected chi connectivity index (χ1v) is 11.8. The number of methoxy groups -OCH3 is 1. The Morgan fingerprint density at radius 1 is 0.971 bits per heavy atom. The van der Waals surface area contributed by atoms with Gasteiger partial charge >= 0.3 is 5.97 Å². The molecule has 8 heteroatoms. The van der Waals surface area contributed by atoms with Crippen LogP contribution in [-0.2, 0) is 9.53 Å². The first kappa shape index (κ1) is 24.7. The Morgan fingerprint density at radius 3 is 2.26 bits per heavy atom. The lowest BCUT2D eigenvalue weighted by Crippen LogP contribution is -2.48. The van der Waals surface area contributed by atoms with Crippen molar-refractivity contribution in [2.24, 2.45) is 0 Å². The second-order valence-corrected chi connectivity index (χ2v) is 8.84. The zero-order valence-corrected chi connectivity index (χ0v) is 20.2. The number of hydrogen-bond donors (Lipinski definition) is 2. The van der Waals surface area contributed by atoms with Gasteiger partial charge in [-0.2, -0.15) is 0 Å². The molecule has 0 saturated carbocycles. The van der Waals surface area contributed by atoms with Crippen LogP contribution in [0.15, 0.2) is 72.8 Å². The summed E-state index contributed by atoms with van der Waals surface area (Å²) in [5, 5.41) is 13.0. The predicted molar refractivity (Wildman–Crippen MR) is 137 cm³/mol. The topological polar surface area (TPSA) is 82.1 Å². The number of carbonyl (C=O) groups is 2. The SMILES string of the molecule is COCC(=O)Nc1ccc(N2CCN([C@H](c3ccccc3)c3ccc(Cl)cc3)CC2)cc1C(=O)O. The van der Waals surface area contributed by atoms with E-state index in [-0.39, 0.29) is 23.9 Å². The summed E-state index contributed by atoms with van der Waals surface area (Å²) in [6.45, 7) is 2.95. The summed E-state index contributed by atoms with van der Waals surface area (Å²) >= 11 is 6.13. The fourth-order valence-corrected chi connectivity index (χ4v) is 4.59. The van der Waals surface area contributed by atoms with Crippen LogP contribution < -0.4 is 10.2 Å². The molecule has 1 aliphatic heterocycles. The van der Waals surface area contributed by atoms with Gasteiger partial charge in [0.2, 0.25) is 5.91 Å². The third kappa shape index (κ3) is 6.00. The number of aromatic carboxylic acids is 1. The molecular weight excluding hydrogens is 466 g/mol. The van der Waals surface area contributed by atoms with Crippen molar-refractivity contribution in [3.05, 3.63) is 94.5 Å². The molecule has 1 heterocycles. The highest BCUT2D eigenvalue weighted by atomic mass is 35.5. The number of hydrogen-bond acceptors (Lipinski definition) is 5.